The summed E-state index contributed by atoms with van der Waals surface area (Å²) in [6, 6.07) is 23.9. The fraction of sp³-hybridized carbons (Fsp3) is 0. The molecule has 0 nitrogen and oxygen atoms in total. The van der Waals surface area contributed by atoms with Crippen molar-refractivity contribution in [2.75, 3.05) is 0 Å². The highest BCUT2D eigenvalue weighted by Crippen LogP contribution is 2.46. The van der Waals surface area contributed by atoms with Crippen molar-refractivity contribution in [2.24, 2.45) is 0 Å². The first kappa shape index (κ1) is 9.89. The maximum Gasteiger partial charge on any atom is 0.0623 e. The third-order valence-corrected chi connectivity index (χ3v) is 4.62. The van der Waals surface area contributed by atoms with Gasteiger partial charge in [-0.2, -0.15) is 0 Å². The van der Waals surface area contributed by atoms with E-state index in [1.165, 1.54) is 0 Å². The Labute approximate surface area is 147 Å². The molecule has 5 rings (SSSR count). The first-order chi connectivity index (χ1) is 13.5. The standard InChI is InChI=1S/C24H16/c1-2-10-18-17(9-1)19-11-3-4-13-21(19)23-15-7-8-16-24(23)22-14-6-5-12-20(18)22/h1-16H/i1D,3D,6D,8D. The Balaban J connectivity index is 2.01. The number of fused-ring (bicyclic) bond motifs is 8. The fourth-order valence-corrected chi connectivity index (χ4v) is 3.55. The molecule has 0 saturated carbocycles. The molecule has 1 aliphatic rings. The molecule has 0 radical (unpaired) electrons. The molecule has 4 aromatic rings. The quantitative estimate of drug-likeness (QED) is 0.300. The van der Waals surface area contributed by atoms with Gasteiger partial charge in [0.15, 0.2) is 0 Å². The molecule has 4 aromatic carbocycles. The van der Waals surface area contributed by atoms with Crippen molar-refractivity contribution in [3.05, 3.63) is 97.0 Å². The van der Waals surface area contributed by atoms with Gasteiger partial charge < -0.3 is 0 Å². The van der Waals surface area contributed by atoms with Crippen LogP contribution in [-0.4, -0.2) is 0 Å². The predicted molar refractivity (Wildman–Crippen MR) is 102 cm³/mol. The lowest BCUT2D eigenvalue weighted by Gasteiger charge is -2.22. The second-order valence-electron chi connectivity index (χ2n) is 5.89. The summed E-state index contributed by atoms with van der Waals surface area (Å²) in [5, 5.41) is 0. The Kier molecular flexibility index (Phi) is 2.15. The minimum absolute atomic E-state index is 0.418. The van der Waals surface area contributed by atoms with Gasteiger partial charge in [0, 0.05) is 0 Å². The van der Waals surface area contributed by atoms with E-state index in [9.17, 15) is 0 Å². The molecule has 0 bridgehead atoms. The van der Waals surface area contributed by atoms with Gasteiger partial charge in [0.25, 0.3) is 0 Å². The molecule has 0 aromatic heterocycles. The Morgan fingerprint density at radius 2 is 0.542 bits per heavy atom. The predicted octanol–water partition coefficient (Wildman–Crippen LogP) is 6.67. The third-order valence-electron chi connectivity index (χ3n) is 4.62. The Morgan fingerprint density at radius 1 is 0.333 bits per heavy atom. The van der Waals surface area contributed by atoms with Crippen molar-refractivity contribution < 1.29 is 5.48 Å². The number of hydrogen-bond acceptors (Lipinski definition) is 0. The van der Waals surface area contributed by atoms with E-state index in [2.05, 4.69) is 0 Å². The van der Waals surface area contributed by atoms with Gasteiger partial charge in [-0.25, -0.2) is 0 Å². The summed E-state index contributed by atoms with van der Waals surface area (Å²) >= 11 is 0. The van der Waals surface area contributed by atoms with Gasteiger partial charge in [0.1, 0.15) is 0 Å². The average Bonchev–Trinajstić information content (AvgIpc) is 2.67. The normalized spacial score (nSPS) is 13.7. The van der Waals surface area contributed by atoms with Crippen LogP contribution in [-0.2, 0) is 0 Å². The molecule has 0 spiro atoms. The average molecular weight is 308 g/mol. The van der Waals surface area contributed by atoms with Crippen LogP contribution in [0.4, 0.5) is 0 Å². The largest absolute Gasteiger partial charge is 0.0623 e. The smallest absolute Gasteiger partial charge is 0.0616 e. The minimum atomic E-state index is 0.418. The van der Waals surface area contributed by atoms with Crippen molar-refractivity contribution in [3.8, 4) is 44.5 Å². The molecule has 24 heavy (non-hydrogen) atoms. The summed E-state index contributed by atoms with van der Waals surface area (Å²) in [4.78, 5) is 0. The zero-order chi connectivity index (χ0) is 19.4. The molecule has 0 atom stereocenters. The van der Waals surface area contributed by atoms with E-state index in [-0.39, 0.29) is 0 Å². The Morgan fingerprint density at radius 3 is 0.792 bits per heavy atom. The highest BCUT2D eigenvalue weighted by atomic mass is 14.2. The molecular weight excluding hydrogens is 288 g/mol. The molecule has 0 heterocycles. The van der Waals surface area contributed by atoms with Crippen molar-refractivity contribution in [2.45, 2.75) is 0 Å². The van der Waals surface area contributed by atoms with E-state index >= 15 is 0 Å². The molecule has 112 valence electrons. The summed E-state index contributed by atoms with van der Waals surface area (Å²) < 4.78 is 32.6. The zero-order valence-corrected chi connectivity index (χ0v) is 12.9. The van der Waals surface area contributed by atoms with Gasteiger partial charge >= 0.3 is 0 Å². The molecule has 0 unspecified atom stereocenters. The van der Waals surface area contributed by atoms with Crippen LogP contribution in [0.2, 0.25) is 0 Å². The highest BCUT2D eigenvalue weighted by molar-refractivity contribution is 6.02. The lowest BCUT2D eigenvalue weighted by Crippen LogP contribution is -1.96. The second-order valence-corrected chi connectivity index (χ2v) is 5.89. The SMILES string of the molecule is [2H]c1ccc2c(c1)-c1cc([2H])ccc1-c1ccc([2H])cc1-c1cc([2H])ccc1-2. The lowest BCUT2D eigenvalue weighted by molar-refractivity contribution is 1.52. The van der Waals surface area contributed by atoms with Crippen LogP contribution in [0.25, 0.3) is 44.5 Å². The van der Waals surface area contributed by atoms with Crippen LogP contribution in [0, 0.1) is 0 Å². The van der Waals surface area contributed by atoms with E-state index in [0.29, 0.717) is 24.2 Å². The van der Waals surface area contributed by atoms with Gasteiger partial charge in [0.05, 0.1) is 5.48 Å². The number of benzene rings is 4. The van der Waals surface area contributed by atoms with E-state index in [4.69, 9.17) is 5.48 Å². The molecule has 0 amide bonds. The van der Waals surface area contributed by atoms with Crippen LogP contribution in [0.5, 0.6) is 0 Å². The van der Waals surface area contributed by atoms with Crippen molar-refractivity contribution in [3.63, 3.8) is 0 Å². The first-order valence-electron chi connectivity index (χ1n) is 9.95. The Hall–Kier alpha value is -3.12. The third kappa shape index (κ3) is 1.87. The van der Waals surface area contributed by atoms with Crippen LogP contribution in [0.15, 0.2) is 97.0 Å². The molecule has 0 aliphatic heterocycles. The van der Waals surface area contributed by atoms with Crippen molar-refractivity contribution >= 4 is 0 Å². The monoisotopic (exact) mass is 308 g/mol. The lowest BCUT2D eigenvalue weighted by atomic mass is 9.81. The van der Waals surface area contributed by atoms with E-state index < -0.39 is 0 Å². The van der Waals surface area contributed by atoms with Crippen molar-refractivity contribution in [1.82, 2.24) is 0 Å². The van der Waals surface area contributed by atoms with E-state index in [1.54, 1.807) is 24.3 Å². The molecular formula is C24H16. The summed E-state index contributed by atoms with van der Waals surface area (Å²) in [6.07, 6.45) is 0. The topological polar surface area (TPSA) is 0 Å². The highest BCUT2D eigenvalue weighted by Gasteiger charge is 2.20. The van der Waals surface area contributed by atoms with Crippen LogP contribution in [0.3, 0.4) is 0 Å². The number of rotatable bonds is 0. The molecule has 0 N–H and O–H groups in total. The van der Waals surface area contributed by atoms with Crippen molar-refractivity contribution in [1.29, 1.82) is 0 Å². The summed E-state index contributed by atoms with van der Waals surface area (Å²) in [6.45, 7) is 0. The molecule has 0 saturated heterocycles. The van der Waals surface area contributed by atoms with E-state index in [1.807, 2.05) is 48.5 Å². The summed E-state index contributed by atoms with van der Waals surface area (Å²) in [5.41, 5.74) is 7.54. The fourth-order valence-electron chi connectivity index (χ4n) is 3.55. The van der Waals surface area contributed by atoms with Gasteiger partial charge in [-0.3, -0.25) is 0 Å². The summed E-state index contributed by atoms with van der Waals surface area (Å²) in [5.74, 6) is 0. The second kappa shape index (κ2) is 5.21. The Bertz CT molecular complexity index is 1060. The van der Waals surface area contributed by atoms with Gasteiger partial charge in [-0.05, 0) is 44.5 Å². The minimum Gasteiger partial charge on any atom is -0.0616 e. The van der Waals surface area contributed by atoms with Gasteiger partial charge in [-0.15, -0.1) is 0 Å². The summed E-state index contributed by atoms with van der Waals surface area (Å²) in [7, 11) is 0. The number of hydrogen-bond donors (Lipinski definition) is 0. The first-order valence-corrected chi connectivity index (χ1v) is 7.95. The van der Waals surface area contributed by atoms with Gasteiger partial charge in [0.2, 0.25) is 0 Å². The van der Waals surface area contributed by atoms with Crippen LogP contribution in [0.1, 0.15) is 5.48 Å². The van der Waals surface area contributed by atoms with E-state index in [0.717, 1.165) is 44.5 Å². The maximum atomic E-state index is 8.15. The van der Waals surface area contributed by atoms with Gasteiger partial charge in [-0.1, -0.05) is 97.0 Å². The molecule has 1 aliphatic carbocycles. The van der Waals surface area contributed by atoms with Crippen LogP contribution >= 0.6 is 0 Å². The molecule has 0 fully saturated rings. The maximum absolute atomic E-state index is 8.15. The van der Waals surface area contributed by atoms with Crippen LogP contribution < -0.4 is 0 Å². The zero-order valence-electron chi connectivity index (χ0n) is 16.9. The molecule has 0 heteroatoms.